The van der Waals surface area contributed by atoms with Gasteiger partial charge in [-0.05, 0) is 32.3 Å². The van der Waals surface area contributed by atoms with Gasteiger partial charge in [-0.3, -0.25) is 14.5 Å². The molecule has 3 heterocycles. The number of nitrogens with zero attached hydrogens (tertiary/aromatic N) is 5. The van der Waals surface area contributed by atoms with Gasteiger partial charge in [0.1, 0.15) is 5.69 Å². The Kier molecular flexibility index (Phi) is 3.68. The highest BCUT2D eigenvalue weighted by Crippen LogP contribution is 2.20. The predicted molar refractivity (Wildman–Crippen MR) is 77.8 cm³/mol. The minimum absolute atomic E-state index is 0.0334. The number of amides is 1. The van der Waals surface area contributed by atoms with Crippen molar-refractivity contribution < 1.29 is 4.79 Å². The molecule has 6 nitrogen and oxygen atoms in total. The van der Waals surface area contributed by atoms with E-state index in [1.54, 1.807) is 12.4 Å². The molecule has 3 rings (SSSR count). The zero-order valence-corrected chi connectivity index (χ0v) is 12.4. The maximum absolute atomic E-state index is 12.6. The molecule has 0 aromatic carbocycles. The van der Waals surface area contributed by atoms with Crippen molar-refractivity contribution in [3.63, 3.8) is 0 Å². The van der Waals surface area contributed by atoms with Crippen molar-refractivity contribution in [3.05, 3.63) is 41.7 Å². The summed E-state index contributed by atoms with van der Waals surface area (Å²) in [6, 6.07) is 0.180. The Morgan fingerprint density at radius 1 is 1.29 bits per heavy atom. The minimum atomic E-state index is -0.0334. The van der Waals surface area contributed by atoms with Gasteiger partial charge in [0.2, 0.25) is 0 Å². The lowest BCUT2D eigenvalue weighted by molar-refractivity contribution is 0.0715. The van der Waals surface area contributed by atoms with Gasteiger partial charge in [-0.15, -0.1) is 0 Å². The van der Waals surface area contributed by atoms with Crippen LogP contribution in [0.25, 0.3) is 0 Å². The molecule has 0 saturated carbocycles. The number of aromatic nitrogens is 4. The Hall–Kier alpha value is -2.24. The van der Waals surface area contributed by atoms with Crippen molar-refractivity contribution in [3.8, 4) is 0 Å². The Morgan fingerprint density at radius 3 is 2.81 bits per heavy atom. The van der Waals surface area contributed by atoms with Gasteiger partial charge in [0.05, 0.1) is 30.7 Å². The van der Waals surface area contributed by atoms with Gasteiger partial charge in [-0.1, -0.05) is 0 Å². The molecule has 2 aromatic rings. The lowest BCUT2D eigenvalue weighted by atomic mass is 10.2. The Bertz CT molecular complexity index is 634. The van der Waals surface area contributed by atoms with Crippen LogP contribution >= 0.6 is 0 Å². The number of rotatable bonds is 3. The molecule has 1 atom stereocenters. The van der Waals surface area contributed by atoms with Crippen molar-refractivity contribution in [2.24, 2.45) is 0 Å². The molecule has 1 saturated heterocycles. The molecule has 0 spiro atoms. The quantitative estimate of drug-likeness (QED) is 0.859. The minimum Gasteiger partial charge on any atom is -0.332 e. The van der Waals surface area contributed by atoms with Gasteiger partial charge in [0.25, 0.3) is 5.91 Å². The summed E-state index contributed by atoms with van der Waals surface area (Å²) in [4.78, 5) is 22.8. The second-order valence-electron chi connectivity index (χ2n) is 5.58. The van der Waals surface area contributed by atoms with Gasteiger partial charge >= 0.3 is 0 Å². The highest BCUT2D eigenvalue weighted by molar-refractivity contribution is 5.92. The predicted octanol–water partition coefficient (Wildman–Crippen LogP) is 1.59. The average molecular weight is 285 g/mol. The molecule has 6 heteroatoms. The van der Waals surface area contributed by atoms with E-state index in [1.165, 1.54) is 0 Å². The summed E-state index contributed by atoms with van der Waals surface area (Å²) in [7, 11) is 0. The summed E-state index contributed by atoms with van der Waals surface area (Å²) < 4.78 is 1.91. The molecule has 0 bridgehead atoms. The fourth-order valence-corrected chi connectivity index (χ4v) is 2.73. The van der Waals surface area contributed by atoms with E-state index in [0.717, 1.165) is 37.2 Å². The third kappa shape index (κ3) is 2.94. The molecular formula is C15H19N5O. The fraction of sp³-hybridized carbons (Fsp3) is 0.467. The molecular weight excluding hydrogens is 266 g/mol. The highest BCUT2D eigenvalue weighted by atomic mass is 16.2. The van der Waals surface area contributed by atoms with E-state index in [4.69, 9.17) is 0 Å². The molecule has 1 amide bonds. The number of carbonyl (C=O) groups excluding carboxylic acids is 1. The second-order valence-corrected chi connectivity index (χ2v) is 5.58. The van der Waals surface area contributed by atoms with Crippen LogP contribution in [-0.2, 0) is 6.54 Å². The summed E-state index contributed by atoms with van der Waals surface area (Å²) in [5.41, 5.74) is 2.37. The number of likely N-dealkylation sites (tertiary alicyclic amines) is 1. The first-order chi connectivity index (χ1) is 10.1. The van der Waals surface area contributed by atoms with Crippen LogP contribution in [0.2, 0.25) is 0 Å². The lowest BCUT2D eigenvalue weighted by Gasteiger charge is -2.24. The maximum Gasteiger partial charge on any atom is 0.274 e. The second kappa shape index (κ2) is 5.63. The van der Waals surface area contributed by atoms with Crippen molar-refractivity contribution in [2.75, 3.05) is 6.54 Å². The van der Waals surface area contributed by atoms with Crippen molar-refractivity contribution in [1.29, 1.82) is 0 Å². The number of aryl methyl sites for hydroxylation is 2. The summed E-state index contributed by atoms with van der Waals surface area (Å²) in [6.07, 6.45) is 9.07. The highest BCUT2D eigenvalue weighted by Gasteiger charge is 2.30. The Labute approximate surface area is 123 Å². The zero-order chi connectivity index (χ0) is 14.8. The van der Waals surface area contributed by atoms with Crippen LogP contribution in [0.3, 0.4) is 0 Å². The largest absolute Gasteiger partial charge is 0.332 e. The van der Waals surface area contributed by atoms with Crippen LogP contribution in [0.4, 0.5) is 0 Å². The first-order valence-corrected chi connectivity index (χ1v) is 7.22. The third-order valence-electron chi connectivity index (χ3n) is 3.80. The van der Waals surface area contributed by atoms with Crippen LogP contribution in [-0.4, -0.2) is 43.1 Å². The summed E-state index contributed by atoms with van der Waals surface area (Å²) in [5.74, 6) is -0.0334. The zero-order valence-electron chi connectivity index (χ0n) is 12.4. The molecule has 21 heavy (non-hydrogen) atoms. The fourth-order valence-electron chi connectivity index (χ4n) is 2.73. The lowest BCUT2D eigenvalue weighted by Crippen LogP contribution is -2.38. The topological polar surface area (TPSA) is 63.9 Å². The van der Waals surface area contributed by atoms with Crippen LogP contribution in [0, 0.1) is 13.8 Å². The standard InChI is InChI=1S/C15H19N5O/c1-11-6-18-19(9-11)10-13-4-3-5-20(13)15(21)14-8-16-12(2)7-17-14/h6-9,13H,3-5,10H2,1-2H3/t13-/m0/s1. The molecule has 0 radical (unpaired) electrons. The Balaban J connectivity index is 1.74. The number of hydrogen-bond acceptors (Lipinski definition) is 4. The van der Waals surface area contributed by atoms with Gasteiger partial charge in [-0.25, -0.2) is 4.98 Å². The SMILES string of the molecule is Cc1cnn(C[C@@H]2CCCN2C(=O)c2cnc(C)cn2)c1. The molecule has 110 valence electrons. The van der Waals surface area contributed by atoms with E-state index in [0.29, 0.717) is 5.69 Å². The van der Waals surface area contributed by atoms with Gasteiger partial charge in [-0.2, -0.15) is 5.10 Å². The summed E-state index contributed by atoms with van der Waals surface area (Å²) in [5, 5.41) is 4.31. The molecule has 0 unspecified atom stereocenters. The van der Waals surface area contributed by atoms with Crippen molar-refractivity contribution >= 4 is 5.91 Å². The van der Waals surface area contributed by atoms with E-state index < -0.39 is 0 Å². The van der Waals surface area contributed by atoms with E-state index >= 15 is 0 Å². The molecule has 2 aromatic heterocycles. The molecule has 0 N–H and O–H groups in total. The number of carbonyl (C=O) groups is 1. The molecule has 0 aliphatic carbocycles. The third-order valence-corrected chi connectivity index (χ3v) is 3.80. The normalized spacial score (nSPS) is 18.2. The average Bonchev–Trinajstić information content (AvgIpc) is 3.09. The summed E-state index contributed by atoms with van der Waals surface area (Å²) >= 11 is 0. The van der Waals surface area contributed by atoms with E-state index in [2.05, 4.69) is 15.1 Å². The molecule has 1 aliphatic heterocycles. The van der Waals surface area contributed by atoms with Crippen LogP contribution < -0.4 is 0 Å². The van der Waals surface area contributed by atoms with E-state index in [-0.39, 0.29) is 11.9 Å². The van der Waals surface area contributed by atoms with Crippen LogP contribution in [0.1, 0.15) is 34.6 Å². The van der Waals surface area contributed by atoms with Crippen LogP contribution in [0.5, 0.6) is 0 Å². The van der Waals surface area contributed by atoms with Crippen LogP contribution in [0.15, 0.2) is 24.8 Å². The first kappa shape index (κ1) is 13.7. The number of hydrogen-bond donors (Lipinski definition) is 0. The van der Waals surface area contributed by atoms with E-state index in [1.807, 2.05) is 35.8 Å². The van der Waals surface area contributed by atoms with Crippen molar-refractivity contribution in [1.82, 2.24) is 24.6 Å². The van der Waals surface area contributed by atoms with E-state index in [9.17, 15) is 4.79 Å². The molecule has 1 fully saturated rings. The van der Waals surface area contributed by atoms with Gasteiger partial charge < -0.3 is 4.90 Å². The van der Waals surface area contributed by atoms with Gasteiger partial charge in [0, 0.05) is 18.9 Å². The smallest absolute Gasteiger partial charge is 0.274 e. The Morgan fingerprint density at radius 2 is 2.14 bits per heavy atom. The van der Waals surface area contributed by atoms with Gasteiger partial charge in [0.15, 0.2) is 0 Å². The maximum atomic E-state index is 12.6. The first-order valence-electron chi connectivity index (χ1n) is 7.22. The monoisotopic (exact) mass is 285 g/mol. The molecule has 1 aliphatic rings. The summed E-state index contributed by atoms with van der Waals surface area (Å²) in [6.45, 7) is 5.39. The van der Waals surface area contributed by atoms with Crippen molar-refractivity contribution in [2.45, 2.75) is 39.3 Å².